The Morgan fingerprint density at radius 1 is 0.784 bits per heavy atom. The zero-order valence-corrected chi connectivity index (χ0v) is 21.5. The maximum atomic E-state index is 12.6. The Hall–Kier alpha value is -4.04. The fourth-order valence-corrected chi connectivity index (χ4v) is 5.06. The number of carbonyl (C=O) groups is 2. The summed E-state index contributed by atoms with van der Waals surface area (Å²) in [4.78, 5) is 32.7. The summed E-state index contributed by atoms with van der Waals surface area (Å²) in [5.41, 5.74) is 4.10. The van der Waals surface area contributed by atoms with Crippen LogP contribution in [-0.2, 0) is 4.89 Å². The molecule has 194 valence electrons. The van der Waals surface area contributed by atoms with Gasteiger partial charge in [0, 0.05) is 66.7 Å². The van der Waals surface area contributed by atoms with Gasteiger partial charge in [-0.25, -0.2) is 9.59 Å². The number of benzene rings is 3. The van der Waals surface area contributed by atoms with Gasteiger partial charge in [-0.1, -0.05) is 18.2 Å². The number of carboxylic acid groups (broad SMARTS) is 1. The molecule has 1 heterocycles. The number of nitrogens with zero attached hydrogens (tertiary/aromatic N) is 2. The summed E-state index contributed by atoms with van der Waals surface area (Å²) in [6, 6.07) is 16.3. The summed E-state index contributed by atoms with van der Waals surface area (Å²) in [6.07, 6.45) is 0. The van der Waals surface area contributed by atoms with Crippen molar-refractivity contribution in [1.29, 1.82) is 0 Å². The highest BCUT2D eigenvalue weighted by Crippen LogP contribution is 2.50. The van der Waals surface area contributed by atoms with Crippen LogP contribution >= 0.6 is 0 Å². The third kappa shape index (κ3) is 4.84. The van der Waals surface area contributed by atoms with Gasteiger partial charge in [0.05, 0.1) is 11.1 Å². The molecule has 8 heteroatoms. The second-order valence-electron chi connectivity index (χ2n) is 8.81. The second kappa shape index (κ2) is 10.9. The Labute approximate surface area is 216 Å². The van der Waals surface area contributed by atoms with Gasteiger partial charge >= 0.3 is 11.9 Å². The molecule has 0 unspecified atom stereocenters. The molecule has 0 amide bonds. The number of rotatable bonds is 9. The standard InChI is InChI=1S/C29H32N2O6/c1-5-30(6-2)19-10-13-22-25(16-19)36-26-17-20(31(7-3)8-4)11-14-23(26)27(22)21-12-9-18(28(32)33)15-24(21)29(34)37-35/h9-17,27,35H,5-8H2,1-4H3,(H,32,33). The zero-order valence-electron chi connectivity index (χ0n) is 21.5. The van der Waals surface area contributed by atoms with Crippen LogP contribution in [0.15, 0.2) is 54.6 Å². The molecule has 4 rings (SSSR count). The first-order valence-corrected chi connectivity index (χ1v) is 12.5. The van der Waals surface area contributed by atoms with Gasteiger partial charge < -0.3 is 19.6 Å². The second-order valence-corrected chi connectivity index (χ2v) is 8.81. The van der Waals surface area contributed by atoms with E-state index in [0.717, 1.165) is 48.7 Å². The fraction of sp³-hybridized carbons (Fsp3) is 0.310. The first kappa shape index (κ1) is 26.0. The molecule has 0 saturated heterocycles. The van der Waals surface area contributed by atoms with Gasteiger partial charge in [-0.15, -0.1) is 0 Å². The third-order valence-corrected chi connectivity index (χ3v) is 7.01. The number of fused-ring (bicyclic) bond motifs is 2. The molecule has 0 spiro atoms. The number of anilines is 2. The molecule has 0 aliphatic carbocycles. The first-order valence-electron chi connectivity index (χ1n) is 12.5. The van der Waals surface area contributed by atoms with Crippen molar-refractivity contribution in [1.82, 2.24) is 0 Å². The quantitative estimate of drug-likeness (QED) is 0.212. The van der Waals surface area contributed by atoms with Gasteiger partial charge in [0.2, 0.25) is 0 Å². The van der Waals surface area contributed by atoms with Crippen LogP contribution < -0.4 is 14.5 Å². The van der Waals surface area contributed by atoms with Crippen molar-refractivity contribution in [3.63, 3.8) is 0 Å². The van der Waals surface area contributed by atoms with E-state index in [4.69, 9.17) is 4.74 Å². The smallest absolute Gasteiger partial charge is 0.373 e. The van der Waals surface area contributed by atoms with Crippen LogP contribution in [0.1, 0.15) is 71.0 Å². The first-order chi connectivity index (χ1) is 17.9. The van der Waals surface area contributed by atoms with Gasteiger partial charge in [0.1, 0.15) is 11.5 Å². The molecule has 1 aliphatic heterocycles. The van der Waals surface area contributed by atoms with E-state index in [1.807, 2.05) is 36.4 Å². The molecular formula is C29H32N2O6. The van der Waals surface area contributed by atoms with Crippen LogP contribution in [0.5, 0.6) is 11.5 Å². The molecule has 0 saturated carbocycles. The highest BCUT2D eigenvalue weighted by atomic mass is 17.1. The Bertz CT molecular complexity index is 1250. The molecule has 37 heavy (non-hydrogen) atoms. The number of hydrogen-bond donors (Lipinski definition) is 2. The lowest BCUT2D eigenvalue weighted by molar-refractivity contribution is -0.182. The number of ether oxygens (including phenoxy) is 1. The SMILES string of the molecule is CCN(CC)c1ccc2c(c1)Oc1cc(N(CC)CC)ccc1C2c1ccc(C(=O)O)cc1C(=O)OO. The minimum absolute atomic E-state index is 0.0214. The van der Waals surface area contributed by atoms with E-state index in [1.165, 1.54) is 12.1 Å². The normalized spacial score (nSPS) is 12.2. The van der Waals surface area contributed by atoms with Crippen molar-refractivity contribution in [2.45, 2.75) is 33.6 Å². The zero-order chi connectivity index (χ0) is 26.7. The molecule has 0 bridgehead atoms. The lowest BCUT2D eigenvalue weighted by Gasteiger charge is -2.32. The summed E-state index contributed by atoms with van der Waals surface area (Å²) in [7, 11) is 0. The van der Waals surface area contributed by atoms with Gasteiger partial charge in [0.15, 0.2) is 0 Å². The van der Waals surface area contributed by atoms with Crippen LogP contribution in [0, 0.1) is 0 Å². The highest BCUT2D eigenvalue weighted by molar-refractivity contribution is 5.96. The van der Waals surface area contributed by atoms with Crippen molar-refractivity contribution < 1.29 is 29.6 Å². The lowest BCUT2D eigenvalue weighted by atomic mass is 9.80. The molecule has 3 aromatic carbocycles. The Kier molecular flexibility index (Phi) is 7.69. The average Bonchev–Trinajstić information content (AvgIpc) is 2.92. The van der Waals surface area contributed by atoms with Gasteiger partial charge in [0.25, 0.3) is 0 Å². The Morgan fingerprint density at radius 3 is 1.70 bits per heavy atom. The maximum Gasteiger partial charge on any atom is 0.373 e. The van der Waals surface area contributed by atoms with Gasteiger partial charge in [-0.2, -0.15) is 5.26 Å². The predicted octanol–water partition coefficient (Wildman–Crippen LogP) is 5.99. The van der Waals surface area contributed by atoms with Crippen molar-refractivity contribution >= 4 is 23.3 Å². The van der Waals surface area contributed by atoms with Crippen LogP contribution in [0.2, 0.25) is 0 Å². The Balaban J connectivity index is 1.96. The molecule has 3 aromatic rings. The predicted molar refractivity (Wildman–Crippen MR) is 142 cm³/mol. The molecule has 0 fully saturated rings. The van der Waals surface area contributed by atoms with E-state index in [9.17, 15) is 20.0 Å². The van der Waals surface area contributed by atoms with Crippen molar-refractivity contribution in [2.24, 2.45) is 0 Å². The minimum atomic E-state index is -1.18. The lowest BCUT2D eigenvalue weighted by Crippen LogP contribution is -2.23. The van der Waals surface area contributed by atoms with Gasteiger partial charge in [-0.3, -0.25) is 4.89 Å². The summed E-state index contributed by atoms with van der Waals surface area (Å²) in [5.74, 6) is -1.34. The number of hydrogen-bond acceptors (Lipinski definition) is 7. The largest absolute Gasteiger partial charge is 0.478 e. The molecule has 2 N–H and O–H groups in total. The molecule has 1 aliphatic rings. The molecular weight excluding hydrogens is 472 g/mol. The summed E-state index contributed by atoms with van der Waals surface area (Å²) >= 11 is 0. The van der Waals surface area contributed by atoms with Gasteiger partial charge in [-0.05, 0) is 57.5 Å². The highest BCUT2D eigenvalue weighted by Gasteiger charge is 2.33. The summed E-state index contributed by atoms with van der Waals surface area (Å²) < 4.78 is 6.46. The Morgan fingerprint density at radius 2 is 1.27 bits per heavy atom. The number of carbonyl (C=O) groups excluding carboxylic acids is 1. The fourth-order valence-electron chi connectivity index (χ4n) is 5.06. The van der Waals surface area contributed by atoms with E-state index in [-0.39, 0.29) is 11.1 Å². The van der Waals surface area contributed by atoms with E-state index in [0.29, 0.717) is 17.1 Å². The van der Waals surface area contributed by atoms with E-state index < -0.39 is 17.9 Å². The molecule has 0 aromatic heterocycles. The number of carboxylic acids is 1. The maximum absolute atomic E-state index is 12.6. The third-order valence-electron chi connectivity index (χ3n) is 7.01. The van der Waals surface area contributed by atoms with Crippen LogP contribution in [0.25, 0.3) is 0 Å². The van der Waals surface area contributed by atoms with E-state index in [2.05, 4.69) is 42.4 Å². The minimum Gasteiger partial charge on any atom is -0.478 e. The van der Waals surface area contributed by atoms with E-state index >= 15 is 0 Å². The van der Waals surface area contributed by atoms with Crippen molar-refractivity contribution in [3.05, 3.63) is 82.4 Å². The molecule has 0 atom stereocenters. The summed E-state index contributed by atoms with van der Waals surface area (Å²) in [6.45, 7) is 11.7. The van der Waals surface area contributed by atoms with E-state index in [1.54, 1.807) is 6.07 Å². The van der Waals surface area contributed by atoms with Crippen LogP contribution in [-0.4, -0.2) is 48.5 Å². The monoisotopic (exact) mass is 504 g/mol. The van der Waals surface area contributed by atoms with Crippen LogP contribution in [0.4, 0.5) is 11.4 Å². The van der Waals surface area contributed by atoms with Crippen molar-refractivity contribution in [2.75, 3.05) is 36.0 Å². The molecule has 8 nitrogen and oxygen atoms in total. The average molecular weight is 505 g/mol. The van der Waals surface area contributed by atoms with Crippen molar-refractivity contribution in [3.8, 4) is 11.5 Å². The number of aromatic carboxylic acids is 1. The summed E-state index contributed by atoms with van der Waals surface area (Å²) in [5, 5.41) is 18.7. The molecule has 0 radical (unpaired) electrons. The topological polar surface area (TPSA) is 99.5 Å². The van der Waals surface area contributed by atoms with Crippen LogP contribution in [0.3, 0.4) is 0 Å².